The lowest BCUT2D eigenvalue weighted by Crippen LogP contribution is -2.28. The molecule has 1 N–H and O–H groups in total. The summed E-state index contributed by atoms with van der Waals surface area (Å²) in [5.41, 5.74) is 3.74. The highest BCUT2D eigenvalue weighted by atomic mass is 32.2. The fraction of sp³-hybridized carbons (Fsp3) is 0.433. The van der Waals surface area contributed by atoms with Crippen LogP contribution in [0, 0.1) is 0 Å². The van der Waals surface area contributed by atoms with Gasteiger partial charge in [0.25, 0.3) is 5.56 Å². The highest BCUT2D eigenvalue weighted by molar-refractivity contribution is 8.00. The molecular formula is C30H37N3O4S. The van der Waals surface area contributed by atoms with E-state index in [1.54, 1.807) is 30.9 Å². The number of rotatable bonds is 11. The third-order valence-corrected chi connectivity index (χ3v) is 8.36. The van der Waals surface area contributed by atoms with Gasteiger partial charge in [-0.05, 0) is 68.7 Å². The molecule has 7 nitrogen and oxygen atoms in total. The van der Waals surface area contributed by atoms with E-state index >= 15 is 0 Å². The highest BCUT2D eigenvalue weighted by Gasteiger charge is 2.23. The van der Waals surface area contributed by atoms with E-state index in [0.29, 0.717) is 40.5 Å². The third-order valence-electron chi connectivity index (χ3n) is 7.01. The van der Waals surface area contributed by atoms with Crippen molar-refractivity contribution in [2.75, 3.05) is 19.5 Å². The van der Waals surface area contributed by atoms with E-state index in [-0.39, 0.29) is 11.5 Å². The average molecular weight is 536 g/mol. The lowest BCUT2D eigenvalue weighted by atomic mass is 9.97. The smallest absolute Gasteiger partial charge is 0.262 e. The van der Waals surface area contributed by atoms with Gasteiger partial charge in [0.2, 0.25) is 5.91 Å². The van der Waals surface area contributed by atoms with Gasteiger partial charge in [-0.1, -0.05) is 49.4 Å². The van der Waals surface area contributed by atoms with Crippen LogP contribution in [0.3, 0.4) is 0 Å². The lowest BCUT2D eigenvalue weighted by Gasteiger charge is -2.20. The van der Waals surface area contributed by atoms with Crippen molar-refractivity contribution in [1.82, 2.24) is 9.55 Å². The molecule has 1 aliphatic rings. The van der Waals surface area contributed by atoms with Crippen molar-refractivity contribution in [3.05, 3.63) is 64.0 Å². The van der Waals surface area contributed by atoms with Gasteiger partial charge >= 0.3 is 0 Å². The molecule has 1 heterocycles. The maximum Gasteiger partial charge on any atom is 0.262 e. The molecule has 202 valence electrons. The van der Waals surface area contributed by atoms with E-state index in [4.69, 9.17) is 14.5 Å². The summed E-state index contributed by atoms with van der Waals surface area (Å²) in [5, 5.41) is 3.63. The number of nitrogens with one attached hydrogen (secondary N) is 1. The van der Waals surface area contributed by atoms with Crippen LogP contribution in [0.25, 0.3) is 10.9 Å². The maximum atomic E-state index is 13.8. The third kappa shape index (κ3) is 6.41. The molecule has 8 heteroatoms. The van der Waals surface area contributed by atoms with Gasteiger partial charge < -0.3 is 14.8 Å². The number of thioether (sulfide) groups is 1. The van der Waals surface area contributed by atoms with E-state index in [1.807, 2.05) is 31.2 Å². The van der Waals surface area contributed by atoms with Crippen LogP contribution in [-0.4, -0.2) is 34.9 Å². The first-order valence-corrected chi connectivity index (χ1v) is 14.3. The van der Waals surface area contributed by atoms with Crippen molar-refractivity contribution in [1.29, 1.82) is 0 Å². The molecule has 2 aromatic carbocycles. The van der Waals surface area contributed by atoms with Gasteiger partial charge in [-0.25, -0.2) is 4.98 Å². The minimum atomic E-state index is -0.412. The number of hydrogen-bond donors (Lipinski definition) is 1. The van der Waals surface area contributed by atoms with Crippen LogP contribution in [-0.2, 0) is 17.8 Å². The molecule has 0 fully saturated rings. The number of aromatic nitrogens is 2. The van der Waals surface area contributed by atoms with Gasteiger partial charge in [-0.3, -0.25) is 14.2 Å². The van der Waals surface area contributed by atoms with Crippen molar-refractivity contribution in [3.8, 4) is 11.5 Å². The molecule has 0 saturated heterocycles. The number of aryl methyl sites for hydroxylation is 1. The number of benzene rings is 2. The molecule has 0 bridgehead atoms. The van der Waals surface area contributed by atoms with Gasteiger partial charge in [0.15, 0.2) is 16.7 Å². The number of carbonyl (C=O) groups excluding carboxylic acids is 1. The number of methoxy groups -OCH3 is 2. The number of amides is 1. The van der Waals surface area contributed by atoms with Gasteiger partial charge in [0.05, 0.1) is 30.4 Å². The first-order chi connectivity index (χ1) is 18.5. The Morgan fingerprint density at radius 1 is 1.11 bits per heavy atom. The molecule has 0 aliphatic heterocycles. The Hall–Kier alpha value is -3.26. The maximum absolute atomic E-state index is 13.8. The Kier molecular flexibility index (Phi) is 9.50. The van der Waals surface area contributed by atoms with Crippen LogP contribution in [0.15, 0.2) is 58.0 Å². The van der Waals surface area contributed by atoms with Gasteiger partial charge in [0, 0.05) is 18.3 Å². The van der Waals surface area contributed by atoms with Crippen molar-refractivity contribution in [3.63, 3.8) is 0 Å². The first kappa shape index (κ1) is 27.8. The SMILES string of the molecule is CCc1ccc(NC(=O)[C@H](CC)Sc2nc3cc(OC)c(OC)cc3c(=O)n2CCC2=CCCCC2)cc1. The molecule has 0 saturated carbocycles. The average Bonchev–Trinajstić information content (AvgIpc) is 2.95. The van der Waals surface area contributed by atoms with Crippen molar-refractivity contribution >= 4 is 34.3 Å². The normalized spacial score (nSPS) is 14.2. The summed E-state index contributed by atoms with van der Waals surface area (Å²) in [7, 11) is 3.11. The standard InChI is InChI=1S/C30H37N3O4S/c1-5-20-12-14-22(15-13-20)31-28(34)27(6-2)38-30-32-24-19-26(37-4)25(36-3)18-23(24)29(35)33(30)17-16-21-10-8-7-9-11-21/h10,12-15,18-19,27H,5-9,11,16-17H2,1-4H3,(H,31,34)/t27-/m0/s1. The number of ether oxygens (including phenoxy) is 2. The van der Waals surface area contributed by atoms with Crippen LogP contribution in [0.1, 0.15) is 57.9 Å². The molecule has 0 spiro atoms. The second-order valence-electron chi connectivity index (χ2n) is 9.49. The quantitative estimate of drug-likeness (QED) is 0.174. The van der Waals surface area contributed by atoms with E-state index < -0.39 is 5.25 Å². The Bertz CT molecular complexity index is 1360. The van der Waals surface area contributed by atoms with Crippen LogP contribution >= 0.6 is 11.8 Å². The summed E-state index contributed by atoms with van der Waals surface area (Å²) in [6.45, 7) is 4.59. The lowest BCUT2D eigenvalue weighted by molar-refractivity contribution is -0.115. The summed E-state index contributed by atoms with van der Waals surface area (Å²) < 4.78 is 12.6. The Labute approximate surface area is 228 Å². The van der Waals surface area contributed by atoms with E-state index in [2.05, 4.69) is 18.3 Å². The number of anilines is 1. The predicted molar refractivity (Wildman–Crippen MR) is 155 cm³/mol. The summed E-state index contributed by atoms with van der Waals surface area (Å²) in [6, 6.07) is 11.3. The van der Waals surface area contributed by atoms with Crippen LogP contribution < -0.4 is 20.3 Å². The highest BCUT2D eigenvalue weighted by Crippen LogP contribution is 2.33. The van der Waals surface area contributed by atoms with E-state index in [1.165, 1.54) is 35.7 Å². The topological polar surface area (TPSA) is 82.5 Å². The number of fused-ring (bicyclic) bond motifs is 1. The minimum absolute atomic E-state index is 0.107. The summed E-state index contributed by atoms with van der Waals surface area (Å²) >= 11 is 1.34. The van der Waals surface area contributed by atoms with Gasteiger partial charge in [0.1, 0.15) is 0 Å². The molecule has 0 radical (unpaired) electrons. The van der Waals surface area contributed by atoms with Crippen LogP contribution in [0.2, 0.25) is 0 Å². The molecule has 38 heavy (non-hydrogen) atoms. The molecule has 0 unspecified atom stereocenters. The van der Waals surface area contributed by atoms with Gasteiger partial charge in [-0.15, -0.1) is 0 Å². The molecule has 1 aromatic heterocycles. The molecule has 1 atom stereocenters. The zero-order valence-corrected chi connectivity index (χ0v) is 23.5. The second-order valence-corrected chi connectivity index (χ2v) is 10.7. The Morgan fingerprint density at radius 2 is 1.84 bits per heavy atom. The van der Waals surface area contributed by atoms with E-state index in [9.17, 15) is 9.59 Å². The second kappa shape index (κ2) is 13.0. The zero-order valence-electron chi connectivity index (χ0n) is 22.7. The van der Waals surface area contributed by atoms with E-state index in [0.717, 1.165) is 31.4 Å². The number of allylic oxidation sites excluding steroid dienone is 2. The number of nitrogens with zero attached hydrogens (tertiary/aromatic N) is 2. The minimum Gasteiger partial charge on any atom is -0.493 e. The van der Waals surface area contributed by atoms with Gasteiger partial charge in [-0.2, -0.15) is 0 Å². The summed E-state index contributed by atoms with van der Waals surface area (Å²) in [6.07, 6.45) is 9.20. The number of hydrogen-bond acceptors (Lipinski definition) is 6. The van der Waals surface area contributed by atoms with Crippen LogP contribution in [0.5, 0.6) is 11.5 Å². The summed E-state index contributed by atoms with van der Waals surface area (Å²) in [4.78, 5) is 31.9. The van der Waals surface area contributed by atoms with Crippen molar-refractivity contribution < 1.29 is 14.3 Å². The Morgan fingerprint density at radius 3 is 2.47 bits per heavy atom. The Balaban J connectivity index is 1.68. The number of carbonyl (C=O) groups is 1. The van der Waals surface area contributed by atoms with Crippen molar-refractivity contribution in [2.24, 2.45) is 0 Å². The fourth-order valence-electron chi connectivity index (χ4n) is 4.70. The largest absolute Gasteiger partial charge is 0.493 e. The van der Waals surface area contributed by atoms with Crippen molar-refractivity contribution in [2.45, 2.75) is 75.7 Å². The zero-order chi connectivity index (χ0) is 27.1. The fourth-order valence-corrected chi connectivity index (χ4v) is 5.74. The summed E-state index contributed by atoms with van der Waals surface area (Å²) in [5.74, 6) is 0.888. The molecule has 1 aliphatic carbocycles. The molecule has 1 amide bonds. The first-order valence-electron chi connectivity index (χ1n) is 13.4. The van der Waals surface area contributed by atoms with Crippen LogP contribution in [0.4, 0.5) is 5.69 Å². The monoisotopic (exact) mass is 535 g/mol. The predicted octanol–water partition coefficient (Wildman–Crippen LogP) is 6.38. The molecule has 3 aromatic rings. The molecular weight excluding hydrogens is 498 g/mol. The molecule has 4 rings (SSSR count).